The molecule has 1 aromatic carbocycles. The molecule has 1 heterocycles. The molecule has 0 radical (unpaired) electrons. The van der Waals surface area contributed by atoms with Crippen LogP contribution in [0, 0.1) is 10.5 Å². The summed E-state index contributed by atoms with van der Waals surface area (Å²) in [5, 5.41) is 6.81. The molecule has 0 amide bonds. The van der Waals surface area contributed by atoms with Crippen LogP contribution in [0.15, 0.2) is 18.2 Å². The van der Waals surface area contributed by atoms with Gasteiger partial charge in [-0.1, -0.05) is 19.3 Å². The Labute approximate surface area is 154 Å². The fourth-order valence-corrected chi connectivity index (χ4v) is 3.59. The lowest BCUT2D eigenvalue weighted by molar-refractivity contribution is 0.461. The molecule has 0 bridgehead atoms. The van der Waals surface area contributed by atoms with Crippen LogP contribution in [0.3, 0.4) is 0 Å². The Bertz CT molecular complexity index is 688. The van der Waals surface area contributed by atoms with Crippen LogP contribution < -0.4 is 10.6 Å². The van der Waals surface area contributed by atoms with E-state index in [1.54, 1.807) is 0 Å². The van der Waals surface area contributed by atoms with Crippen LogP contribution in [-0.4, -0.2) is 21.0 Å². The second kappa shape index (κ2) is 7.61. The van der Waals surface area contributed by atoms with Gasteiger partial charge in [0.05, 0.1) is 0 Å². The molecule has 3 rings (SSSR count). The van der Waals surface area contributed by atoms with Crippen molar-refractivity contribution in [3.63, 3.8) is 0 Å². The average Bonchev–Trinajstić information content (AvgIpc) is 2.50. The van der Waals surface area contributed by atoms with Gasteiger partial charge in [-0.2, -0.15) is 15.0 Å². The van der Waals surface area contributed by atoms with Crippen molar-refractivity contribution in [2.24, 2.45) is 0 Å². The molecule has 1 aliphatic carbocycles. The third kappa shape index (κ3) is 4.67. The minimum absolute atomic E-state index is 0.198. The number of nitrogens with one attached hydrogen (secondary N) is 2. The van der Waals surface area contributed by atoms with Gasteiger partial charge >= 0.3 is 0 Å². The maximum atomic E-state index is 6.06. The van der Waals surface area contributed by atoms with Gasteiger partial charge < -0.3 is 10.6 Å². The van der Waals surface area contributed by atoms with Gasteiger partial charge in [0.1, 0.15) is 0 Å². The number of hydrogen-bond donors (Lipinski definition) is 2. The number of hydrogen-bond acceptors (Lipinski definition) is 5. The summed E-state index contributed by atoms with van der Waals surface area (Å²) in [5.74, 6) is 1.01. The molecule has 122 valence electrons. The minimum Gasteiger partial charge on any atom is -0.351 e. The summed E-state index contributed by atoms with van der Waals surface area (Å²) < 4.78 is 1.19. The molecule has 1 saturated carbocycles. The number of benzene rings is 1. The van der Waals surface area contributed by atoms with E-state index in [1.165, 1.54) is 22.8 Å². The smallest absolute Gasteiger partial charge is 0.233 e. The fourth-order valence-electron chi connectivity index (χ4n) is 2.79. The molecule has 1 fully saturated rings. The molecule has 2 N–H and O–H groups in total. The van der Waals surface area contributed by atoms with E-state index in [-0.39, 0.29) is 5.28 Å². The topological polar surface area (TPSA) is 62.7 Å². The molecule has 23 heavy (non-hydrogen) atoms. The van der Waals surface area contributed by atoms with Crippen LogP contribution >= 0.6 is 34.2 Å². The van der Waals surface area contributed by atoms with Gasteiger partial charge in [-0.3, -0.25) is 0 Å². The van der Waals surface area contributed by atoms with Gasteiger partial charge in [-0.25, -0.2) is 0 Å². The maximum Gasteiger partial charge on any atom is 0.233 e. The van der Waals surface area contributed by atoms with E-state index < -0.39 is 0 Å². The highest BCUT2D eigenvalue weighted by atomic mass is 127. The van der Waals surface area contributed by atoms with Gasteiger partial charge in [0.15, 0.2) is 0 Å². The summed E-state index contributed by atoms with van der Waals surface area (Å²) in [7, 11) is 0. The van der Waals surface area contributed by atoms with Crippen molar-refractivity contribution < 1.29 is 0 Å². The Morgan fingerprint density at radius 3 is 2.57 bits per heavy atom. The third-order valence-corrected chi connectivity index (χ3v) is 4.82. The first-order valence-electron chi connectivity index (χ1n) is 7.81. The maximum absolute atomic E-state index is 6.06. The van der Waals surface area contributed by atoms with Crippen LogP contribution in [0.4, 0.5) is 17.6 Å². The third-order valence-electron chi connectivity index (χ3n) is 3.98. The summed E-state index contributed by atoms with van der Waals surface area (Å²) >= 11 is 8.35. The van der Waals surface area contributed by atoms with Crippen molar-refractivity contribution in [3.05, 3.63) is 32.6 Å². The number of anilines is 3. The first-order chi connectivity index (χ1) is 11.1. The lowest BCUT2D eigenvalue weighted by Crippen LogP contribution is -2.23. The van der Waals surface area contributed by atoms with Crippen LogP contribution in [0.2, 0.25) is 5.28 Å². The standard InChI is InChI=1S/C16H19ClIN5/c1-10-9-11(18)7-8-13(10)20-16-22-14(17)21-15(23-16)19-12-5-3-2-4-6-12/h7-9,12H,2-6H2,1H3,(H2,19,20,21,22,23). The molecule has 1 aromatic heterocycles. The van der Waals surface area contributed by atoms with Crippen molar-refractivity contribution in [1.29, 1.82) is 0 Å². The summed E-state index contributed by atoms with van der Waals surface area (Å²) in [5.41, 5.74) is 2.10. The summed E-state index contributed by atoms with van der Waals surface area (Å²) in [6.45, 7) is 2.05. The first kappa shape index (κ1) is 16.7. The summed E-state index contributed by atoms with van der Waals surface area (Å²) in [6, 6.07) is 6.59. The number of nitrogens with zero attached hydrogens (tertiary/aromatic N) is 3. The molecule has 0 aliphatic heterocycles. The molecule has 0 saturated heterocycles. The molecule has 5 nitrogen and oxygen atoms in total. The van der Waals surface area contributed by atoms with Crippen molar-refractivity contribution in [1.82, 2.24) is 15.0 Å². The molecule has 7 heteroatoms. The highest BCUT2D eigenvalue weighted by Crippen LogP contribution is 2.23. The zero-order valence-electron chi connectivity index (χ0n) is 12.9. The molecular weight excluding hydrogens is 425 g/mol. The first-order valence-corrected chi connectivity index (χ1v) is 9.27. The van der Waals surface area contributed by atoms with E-state index in [9.17, 15) is 0 Å². The number of rotatable bonds is 4. The van der Waals surface area contributed by atoms with Crippen LogP contribution in [0.5, 0.6) is 0 Å². The summed E-state index contributed by atoms with van der Waals surface area (Å²) in [6.07, 6.45) is 6.13. The monoisotopic (exact) mass is 443 g/mol. The fraction of sp³-hybridized carbons (Fsp3) is 0.438. The van der Waals surface area contributed by atoms with Gasteiger partial charge in [0.25, 0.3) is 0 Å². The van der Waals surface area contributed by atoms with Gasteiger partial charge in [0.2, 0.25) is 17.2 Å². The van der Waals surface area contributed by atoms with E-state index in [0.717, 1.165) is 24.1 Å². The Hall–Kier alpha value is -1.15. The molecule has 0 spiro atoms. The van der Waals surface area contributed by atoms with Crippen molar-refractivity contribution in [2.45, 2.75) is 45.1 Å². The molecular formula is C16H19ClIN5. The Morgan fingerprint density at radius 2 is 1.83 bits per heavy atom. The highest BCUT2D eigenvalue weighted by Gasteiger charge is 2.15. The Balaban J connectivity index is 1.76. The Morgan fingerprint density at radius 1 is 1.09 bits per heavy atom. The van der Waals surface area contributed by atoms with Crippen LogP contribution in [0.1, 0.15) is 37.7 Å². The molecule has 1 aliphatic rings. The largest absolute Gasteiger partial charge is 0.351 e. The van der Waals surface area contributed by atoms with Crippen molar-refractivity contribution in [3.8, 4) is 0 Å². The number of aryl methyl sites for hydroxylation is 1. The van der Waals surface area contributed by atoms with Gasteiger partial charge in [-0.15, -0.1) is 0 Å². The SMILES string of the molecule is Cc1cc(I)ccc1Nc1nc(Cl)nc(NC2CCCCC2)n1. The predicted molar refractivity (Wildman–Crippen MR) is 103 cm³/mol. The molecule has 0 atom stereocenters. The lowest BCUT2D eigenvalue weighted by atomic mass is 9.96. The predicted octanol–water partition coefficient (Wildman–Crippen LogP) is 4.93. The lowest BCUT2D eigenvalue weighted by Gasteiger charge is -2.22. The van der Waals surface area contributed by atoms with Crippen LogP contribution in [-0.2, 0) is 0 Å². The van der Waals surface area contributed by atoms with Gasteiger partial charge in [0, 0.05) is 15.3 Å². The average molecular weight is 444 g/mol. The van der Waals surface area contributed by atoms with E-state index in [0.29, 0.717) is 17.9 Å². The van der Waals surface area contributed by atoms with Crippen LogP contribution in [0.25, 0.3) is 0 Å². The van der Waals surface area contributed by atoms with Crippen molar-refractivity contribution in [2.75, 3.05) is 10.6 Å². The molecule has 2 aromatic rings. The van der Waals surface area contributed by atoms with E-state index in [1.807, 2.05) is 12.1 Å². The van der Waals surface area contributed by atoms with Crippen molar-refractivity contribution >= 4 is 51.8 Å². The number of halogens is 2. The summed E-state index contributed by atoms with van der Waals surface area (Å²) in [4.78, 5) is 12.8. The normalized spacial score (nSPS) is 15.4. The zero-order valence-corrected chi connectivity index (χ0v) is 15.9. The number of aromatic nitrogens is 3. The van der Waals surface area contributed by atoms with Gasteiger partial charge in [-0.05, 0) is 77.7 Å². The second-order valence-corrected chi connectivity index (χ2v) is 7.40. The second-order valence-electron chi connectivity index (χ2n) is 5.82. The molecule has 0 unspecified atom stereocenters. The minimum atomic E-state index is 0.198. The zero-order chi connectivity index (χ0) is 16.2. The van der Waals surface area contributed by atoms with E-state index >= 15 is 0 Å². The van der Waals surface area contributed by atoms with E-state index in [4.69, 9.17) is 11.6 Å². The highest BCUT2D eigenvalue weighted by molar-refractivity contribution is 14.1. The Kier molecular flexibility index (Phi) is 5.53. The quantitative estimate of drug-likeness (QED) is 0.656. The van der Waals surface area contributed by atoms with E-state index in [2.05, 4.69) is 61.2 Å².